The molecule has 20 heavy (non-hydrogen) atoms. The first-order valence-electron chi connectivity index (χ1n) is 6.38. The molecule has 0 fully saturated rings. The van der Waals surface area contributed by atoms with E-state index in [9.17, 15) is 10.0 Å². The molecule has 0 aromatic heterocycles. The van der Waals surface area contributed by atoms with Crippen molar-refractivity contribution in [3.05, 3.63) is 65.4 Å². The third kappa shape index (κ3) is 2.28. The van der Waals surface area contributed by atoms with Gasteiger partial charge in [-0.25, -0.2) is 0 Å². The molecule has 0 saturated heterocycles. The number of para-hydroxylation sites is 2. The van der Waals surface area contributed by atoms with E-state index in [0.29, 0.717) is 17.0 Å². The minimum atomic E-state index is -0.553. The summed E-state index contributed by atoms with van der Waals surface area (Å²) in [5.41, 5.74) is 1.03. The maximum absolute atomic E-state index is 12.3. The van der Waals surface area contributed by atoms with Crippen LogP contribution in [-0.2, 0) is 0 Å². The summed E-state index contributed by atoms with van der Waals surface area (Å²) < 4.78 is 6.25. The van der Waals surface area contributed by atoms with Gasteiger partial charge in [0, 0.05) is 12.1 Å². The van der Waals surface area contributed by atoms with Crippen LogP contribution in [0.15, 0.2) is 54.6 Å². The highest BCUT2D eigenvalue weighted by atomic mass is 16.5. The second-order valence-electron chi connectivity index (χ2n) is 4.59. The monoisotopic (exact) mass is 267 g/mol. The van der Waals surface area contributed by atoms with Crippen LogP contribution >= 0.6 is 0 Å². The van der Waals surface area contributed by atoms with Crippen molar-refractivity contribution in [2.45, 2.75) is 0 Å². The molecule has 0 aliphatic carbocycles. The lowest BCUT2D eigenvalue weighted by molar-refractivity contribution is -0.357. The van der Waals surface area contributed by atoms with E-state index >= 15 is 0 Å². The Morgan fingerprint density at radius 3 is 2.60 bits per heavy atom. The standard InChI is InChI=1S/C16H13NO3/c18-16-12(10-17(19)13-6-2-1-3-7-13)11-20-15-9-5-4-8-14(15)16/h1-10,12H,11H2. The molecule has 1 heterocycles. The Bertz CT molecular complexity index is 664. The van der Waals surface area contributed by atoms with Crippen LogP contribution in [0.4, 0.5) is 5.69 Å². The van der Waals surface area contributed by atoms with Crippen LogP contribution in [0.5, 0.6) is 5.75 Å². The van der Waals surface area contributed by atoms with Crippen LogP contribution in [-0.4, -0.2) is 23.3 Å². The Hall–Kier alpha value is -2.62. The molecule has 0 N–H and O–H groups in total. The predicted molar refractivity (Wildman–Crippen MR) is 75.6 cm³/mol. The number of Topliss-reactive ketones (excluding diaryl/α,β-unsaturated/α-hetero) is 1. The van der Waals surface area contributed by atoms with Crippen LogP contribution in [0, 0.1) is 11.1 Å². The highest BCUT2D eigenvalue weighted by Crippen LogP contribution is 2.26. The van der Waals surface area contributed by atoms with Crippen molar-refractivity contribution in [1.82, 2.24) is 0 Å². The zero-order chi connectivity index (χ0) is 13.9. The lowest BCUT2D eigenvalue weighted by Gasteiger charge is -2.20. The molecule has 4 heteroatoms. The van der Waals surface area contributed by atoms with E-state index in [1.165, 1.54) is 6.21 Å². The SMILES string of the molecule is O=C1c2ccccc2OCC1C=[N+]([O-])c1ccccc1. The lowest BCUT2D eigenvalue weighted by Crippen LogP contribution is -2.30. The first kappa shape index (κ1) is 12.4. The van der Waals surface area contributed by atoms with Gasteiger partial charge in [0.05, 0.1) is 5.56 Å². The Labute approximate surface area is 116 Å². The average molecular weight is 267 g/mol. The minimum Gasteiger partial charge on any atom is -0.618 e. The molecule has 0 radical (unpaired) electrons. The number of fused-ring (bicyclic) bond motifs is 1. The molecule has 0 saturated carbocycles. The predicted octanol–water partition coefficient (Wildman–Crippen LogP) is 2.79. The molecule has 2 aromatic carbocycles. The third-order valence-electron chi connectivity index (χ3n) is 3.23. The van der Waals surface area contributed by atoms with Crippen LogP contribution in [0.3, 0.4) is 0 Å². The number of nitrogens with zero attached hydrogens (tertiary/aromatic N) is 1. The van der Waals surface area contributed by atoms with Crippen molar-refractivity contribution in [2.75, 3.05) is 6.61 Å². The van der Waals surface area contributed by atoms with Gasteiger partial charge in [-0.05, 0) is 12.1 Å². The molecular formula is C16H13NO3. The quantitative estimate of drug-likeness (QED) is 0.364. The number of ether oxygens (including phenoxy) is 1. The fourth-order valence-electron chi connectivity index (χ4n) is 2.19. The number of ketones is 1. The number of rotatable bonds is 2. The molecular weight excluding hydrogens is 254 g/mol. The molecule has 1 aliphatic rings. The van der Waals surface area contributed by atoms with E-state index < -0.39 is 5.92 Å². The molecule has 1 atom stereocenters. The smallest absolute Gasteiger partial charge is 0.216 e. The normalized spacial score (nSPS) is 18.3. The number of hydrogen-bond donors (Lipinski definition) is 0. The molecule has 1 unspecified atom stereocenters. The van der Waals surface area contributed by atoms with Crippen molar-refractivity contribution in [3.63, 3.8) is 0 Å². The van der Waals surface area contributed by atoms with Gasteiger partial charge >= 0.3 is 0 Å². The molecule has 0 bridgehead atoms. The highest BCUT2D eigenvalue weighted by Gasteiger charge is 2.29. The van der Waals surface area contributed by atoms with Crippen molar-refractivity contribution in [1.29, 1.82) is 0 Å². The average Bonchev–Trinajstić information content (AvgIpc) is 2.51. The fraction of sp³-hybridized carbons (Fsp3) is 0.125. The number of hydrogen-bond acceptors (Lipinski definition) is 3. The molecule has 1 aliphatic heterocycles. The molecule has 4 nitrogen and oxygen atoms in total. The number of carbonyl (C=O) groups excluding carboxylic acids is 1. The van der Waals surface area contributed by atoms with E-state index in [-0.39, 0.29) is 12.4 Å². The summed E-state index contributed by atoms with van der Waals surface area (Å²) >= 11 is 0. The molecule has 0 amide bonds. The van der Waals surface area contributed by atoms with E-state index in [0.717, 1.165) is 4.74 Å². The fourth-order valence-corrected chi connectivity index (χ4v) is 2.19. The van der Waals surface area contributed by atoms with Gasteiger partial charge in [0.1, 0.15) is 18.3 Å². The zero-order valence-electron chi connectivity index (χ0n) is 10.7. The Balaban J connectivity index is 1.88. The third-order valence-corrected chi connectivity index (χ3v) is 3.23. The molecule has 0 spiro atoms. The first-order valence-corrected chi connectivity index (χ1v) is 6.38. The van der Waals surface area contributed by atoms with E-state index in [1.54, 1.807) is 42.5 Å². The molecule has 2 aromatic rings. The van der Waals surface area contributed by atoms with Gasteiger partial charge in [0.25, 0.3) is 0 Å². The van der Waals surface area contributed by atoms with Gasteiger partial charge in [-0.3, -0.25) is 4.79 Å². The summed E-state index contributed by atoms with van der Waals surface area (Å²) in [5, 5.41) is 12.0. The molecule has 100 valence electrons. The second kappa shape index (κ2) is 5.17. The van der Waals surface area contributed by atoms with Crippen molar-refractivity contribution >= 4 is 17.7 Å². The summed E-state index contributed by atoms with van der Waals surface area (Å²) in [4.78, 5) is 12.3. The highest BCUT2D eigenvalue weighted by molar-refractivity contribution is 6.08. The second-order valence-corrected chi connectivity index (χ2v) is 4.59. The Morgan fingerprint density at radius 1 is 1.10 bits per heavy atom. The van der Waals surface area contributed by atoms with E-state index in [4.69, 9.17) is 4.74 Å². The maximum Gasteiger partial charge on any atom is 0.216 e. The van der Waals surface area contributed by atoms with Crippen LogP contribution in [0.25, 0.3) is 0 Å². The van der Waals surface area contributed by atoms with Gasteiger partial charge in [0.15, 0.2) is 12.0 Å². The lowest BCUT2D eigenvalue weighted by atomic mass is 9.96. The zero-order valence-corrected chi connectivity index (χ0v) is 10.7. The summed E-state index contributed by atoms with van der Waals surface area (Å²) in [7, 11) is 0. The number of carbonyl (C=O) groups is 1. The van der Waals surface area contributed by atoms with Gasteiger partial charge in [0.2, 0.25) is 5.69 Å². The summed E-state index contributed by atoms with van der Waals surface area (Å²) in [6.45, 7) is 0.196. The first-order chi connectivity index (χ1) is 9.75. The minimum absolute atomic E-state index is 0.0800. The van der Waals surface area contributed by atoms with E-state index in [1.807, 2.05) is 12.1 Å². The van der Waals surface area contributed by atoms with Crippen LogP contribution in [0.2, 0.25) is 0 Å². The van der Waals surface area contributed by atoms with Gasteiger partial charge in [-0.1, -0.05) is 30.3 Å². The van der Waals surface area contributed by atoms with Crippen LogP contribution in [0.1, 0.15) is 10.4 Å². The molecule has 3 rings (SSSR count). The summed E-state index contributed by atoms with van der Waals surface area (Å²) in [6, 6.07) is 15.9. The van der Waals surface area contributed by atoms with Gasteiger partial charge in [-0.15, -0.1) is 0 Å². The van der Waals surface area contributed by atoms with Crippen LogP contribution < -0.4 is 4.74 Å². The topological polar surface area (TPSA) is 52.4 Å². The van der Waals surface area contributed by atoms with Gasteiger partial charge < -0.3 is 9.94 Å². The summed E-state index contributed by atoms with van der Waals surface area (Å²) in [5.74, 6) is -0.0504. The summed E-state index contributed by atoms with van der Waals surface area (Å²) in [6.07, 6.45) is 1.37. The van der Waals surface area contributed by atoms with Crippen molar-refractivity contribution < 1.29 is 14.3 Å². The van der Waals surface area contributed by atoms with Gasteiger partial charge in [-0.2, -0.15) is 4.74 Å². The maximum atomic E-state index is 12.3. The van der Waals surface area contributed by atoms with Crippen molar-refractivity contribution in [2.24, 2.45) is 5.92 Å². The Morgan fingerprint density at radius 2 is 1.80 bits per heavy atom. The number of benzene rings is 2. The van der Waals surface area contributed by atoms with Crippen molar-refractivity contribution in [3.8, 4) is 5.75 Å². The van der Waals surface area contributed by atoms with E-state index in [2.05, 4.69) is 0 Å². The largest absolute Gasteiger partial charge is 0.618 e. The Kier molecular flexibility index (Phi) is 3.21.